The Bertz CT molecular complexity index is 498. The van der Waals surface area contributed by atoms with E-state index < -0.39 is 0 Å². The molecule has 0 spiro atoms. The Hall–Kier alpha value is -1.49. The summed E-state index contributed by atoms with van der Waals surface area (Å²) in [6.45, 7) is 0. The number of halogens is 1. The van der Waals surface area contributed by atoms with Crippen molar-refractivity contribution < 1.29 is 4.39 Å². The average Bonchev–Trinajstić information content (AvgIpc) is 2.89. The van der Waals surface area contributed by atoms with Gasteiger partial charge in [-0.3, -0.25) is 0 Å². The van der Waals surface area contributed by atoms with Gasteiger partial charge in [0, 0.05) is 0 Å². The van der Waals surface area contributed by atoms with Crippen LogP contribution in [0.3, 0.4) is 0 Å². The first-order valence-electron chi connectivity index (χ1n) is 5.14. The van der Waals surface area contributed by atoms with Crippen molar-refractivity contribution in [3.8, 4) is 0 Å². The molecule has 1 aromatic carbocycles. The number of hydrogen-bond donors (Lipinski definition) is 1. The van der Waals surface area contributed by atoms with Crippen molar-refractivity contribution in [3.05, 3.63) is 40.7 Å². The van der Waals surface area contributed by atoms with Gasteiger partial charge < -0.3 is 5.32 Å². The molecule has 1 aliphatic rings. The van der Waals surface area contributed by atoms with E-state index in [-0.39, 0.29) is 11.9 Å². The fraction of sp³-hybridized carbons (Fsp3) is 0.273. The SMILES string of the molecule is Fc1ccc2c(c1)CCC2Nc1nncs1. The average molecular weight is 235 g/mol. The third-order valence-corrected chi connectivity index (χ3v) is 3.46. The van der Waals surface area contributed by atoms with E-state index in [1.165, 1.54) is 23.0 Å². The highest BCUT2D eigenvalue weighted by Gasteiger charge is 2.23. The van der Waals surface area contributed by atoms with Crippen molar-refractivity contribution in [2.45, 2.75) is 18.9 Å². The highest BCUT2D eigenvalue weighted by molar-refractivity contribution is 7.13. The molecule has 2 aromatic rings. The summed E-state index contributed by atoms with van der Waals surface area (Å²) in [6, 6.07) is 5.23. The Labute approximate surface area is 96.3 Å². The summed E-state index contributed by atoms with van der Waals surface area (Å²) in [7, 11) is 0. The van der Waals surface area contributed by atoms with Gasteiger partial charge in [-0.05, 0) is 36.1 Å². The second-order valence-corrected chi connectivity index (χ2v) is 4.66. The molecule has 0 aliphatic heterocycles. The van der Waals surface area contributed by atoms with Gasteiger partial charge >= 0.3 is 0 Å². The van der Waals surface area contributed by atoms with Crippen molar-refractivity contribution in [2.24, 2.45) is 0 Å². The van der Waals surface area contributed by atoms with E-state index in [4.69, 9.17) is 0 Å². The fourth-order valence-electron chi connectivity index (χ4n) is 2.12. The van der Waals surface area contributed by atoms with Gasteiger partial charge in [0.15, 0.2) is 0 Å². The molecular weight excluding hydrogens is 225 g/mol. The molecule has 0 fully saturated rings. The highest BCUT2D eigenvalue weighted by Crippen LogP contribution is 2.34. The number of hydrogen-bond acceptors (Lipinski definition) is 4. The van der Waals surface area contributed by atoms with E-state index in [0.29, 0.717) is 0 Å². The fourth-order valence-corrected chi connectivity index (χ4v) is 2.62. The second kappa shape index (κ2) is 3.83. The van der Waals surface area contributed by atoms with Crippen LogP contribution in [-0.2, 0) is 6.42 Å². The smallest absolute Gasteiger partial charge is 0.205 e. The summed E-state index contributed by atoms with van der Waals surface area (Å²) in [6.07, 6.45) is 1.90. The summed E-state index contributed by atoms with van der Waals surface area (Å²) >= 11 is 1.48. The highest BCUT2D eigenvalue weighted by atomic mass is 32.1. The van der Waals surface area contributed by atoms with E-state index in [1.807, 2.05) is 6.07 Å². The summed E-state index contributed by atoms with van der Waals surface area (Å²) in [4.78, 5) is 0. The predicted molar refractivity (Wildman–Crippen MR) is 61.0 cm³/mol. The zero-order valence-electron chi connectivity index (χ0n) is 8.48. The van der Waals surface area contributed by atoms with E-state index >= 15 is 0 Å². The Morgan fingerprint density at radius 2 is 2.38 bits per heavy atom. The van der Waals surface area contributed by atoms with Crippen molar-refractivity contribution >= 4 is 16.5 Å². The minimum Gasteiger partial charge on any atom is -0.353 e. The third kappa shape index (κ3) is 1.67. The third-order valence-electron chi connectivity index (χ3n) is 2.84. The van der Waals surface area contributed by atoms with Crippen LogP contribution < -0.4 is 5.32 Å². The summed E-state index contributed by atoms with van der Waals surface area (Å²) in [5.41, 5.74) is 3.97. The zero-order chi connectivity index (χ0) is 11.0. The molecule has 82 valence electrons. The molecule has 0 saturated carbocycles. The molecule has 3 rings (SSSR count). The Kier molecular flexibility index (Phi) is 2.32. The lowest BCUT2D eigenvalue weighted by Crippen LogP contribution is -2.06. The van der Waals surface area contributed by atoms with Gasteiger partial charge in [-0.15, -0.1) is 10.2 Å². The van der Waals surface area contributed by atoms with Crippen LogP contribution in [0.4, 0.5) is 9.52 Å². The number of aryl methyl sites for hydroxylation is 1. The number of rotatable bonds is 2. The van der Waals surface area contributed by atoms with Gasteiger partial charge in [0.2, 0.25) is 5.13 Å². The lowest BCUT2D eigenvalue weighted by Gasteiger charge is -2.12. The van der Waals surface area contributed by atoms with Gasteiger partial charge in [0.1, 0.15) is 11.3 Å². The molecule has 1 aromatic heterocycles. The van der Waals surface area contributed by atoms with E-state index in [2.05, 4.69) is 15.5 Å². The lowest BCUT2D eigenvalue weighted by atomic mass is 10.1. The first-order chi connectivity index (χ1) is 7.83. The molecule has 1 unspecified atom stereocenters. The molecule has 16 heavy (non-hydrogen) atoms. The molecule has 5 heteroatoms. The zero-order valence-corrected chi connectivity index (χ0v) is 9.30. The molecule has 3 nitrogen and oxygen atoms in total. The number of nitrogens with zero attached hydrogens (tertiary/aromatic N) is 2. The molecule has 1 N–H and O–H groups in total. The molecule has 1 atom stereocenters. The minimum atomic E-state index is -0.157. The van der Waals surface area contributed by atoms with Crippen LogP contribution in [0.1, 0.15) is 23.6 Å². The molecular formula is C11H10FN3S. The van der Waals surface area contributed by atoms with Crippen molar-refractivity contribution in [2.75, 3.05) is 5.32 Å². The quantitative estimate of drug-likeness (QED) is 0.869. The van der Waals surface area contributed by atoms with Gasteiger partial charge in [-0.2, -0.15) is 0 Å². The predicted octanol–water partition coefficient (Wildman–Crippen LogP) is 2.78. The largest absolute Gasteiger partial charge is 0.353 e. The van der Waals surface area contributed by atoms with Crippen LogP contribution in [0, 0.1) is 5.82 Å². The standard InChI is InChI=1S/C11H10FN3S/c12-8-2-3-9-7(5-8)1-4-10(9)14-11-15-13-6-16-11/h2-3,5-6,10H,1,4H2,(H,14,15). The number of benzene rings is 1. The van der Waals surface area contributed by atoms with Gasteiger partial charge in [0.05, 0.1) is 6.04 Å². The maximum absolute atomic E-state index is 13.0. The summed E-state index contributed by atoms with van der Waals surface area (Å²) < 4.78 is 13.0. The lowest BCUT2D eigenvalue weighted by molar-refractivity contribution is 0.626. The van der Waals surface area contributed by atoms with Crippen LogP contribution in [0.15, 0.2) is 23.7 Å². The maximum atomic E-state index is 13.0. The number of nitrogens with one attached hydrogen (secondary N) is 1. The van der Waals surface area contributed by atoms with Crippen LogP contribution in [0.5, 0.6) is 0 Å². The molecule has 0 radical (unpaired) electrons. The Morgan fingerprint density at radius 3 is 3.19 bits per heavy atom. The van der Waals surface area contributed by atoms with Crippen molar-refractivity contribution in [1.29, 1.82) is 0 Å². The van der Waals surface area contributed by atoms with Crippen molar-refractivity contribution in [1.82, 2.24) is 10.2 Å². The minimum absolute atomic E-state index is 0.157. The first kappa shape index (κ1) is 9.72. The molecule has 1 heterocycles. The monoisotopic (exact) mass is 235 g/mol. The van der Waals surface area contributed by atoms with Gasteiger partial charge in [-0.25, -0.2) is 4.39 Å². The first-order valence-corrected chi connectivity index (χ1v) is 6.02. The maximum Gasteiger partial charge on any atom is 0.205 e. The topological polar surface area (TPSA) is 37.8 Å². The molecule has 0 bridgehead atoms. The Balaban J connectivity index is 1.86. The molecule has 1 aliphatic carbocycles. The van der Waals surface area contributed by atoms with E-state index in [9.17, 15) is 4.39 Å². The van der Waals surface area contributed by atoms with Crippen LogP contribution >= 0.6 is 11.3 Å². The normalized spacial score (nSPS) is 18.4. The van der Waals surface area contributed by atoms with E-state index in [1.54, 1.807) is 11.6 Å². The summed E-state index contributed by atoms with van der Waals surface area (Å²) in [5, 5.41) is 11.9. The van der Waals surface area contributed by atoms with Crippen LogP contribution in [0.25, 0.3) is 0 Å². The molecule has 0 saturated heterocycles. The van der Waals surface area contributed by atoms with Crippen LogP contribution in [-0.4, -0.2) is 10.2 Å². The van der Waals surface area contributed by atoms with E-state index in [0.717, 1.165) is 23.5 Å². The molecule has 0 amide bonds. The second-order valence-electron chi connectivity index (χ2n) is 3.82. The van der Waals surface area contributed by atoms with Gasteiger partial charge in [-0.1, -0.05) is 17.4 Å². The summed E-state index contributed by atoms with van der Waals surface area (Å²) in [5.74, 6) is -0.157. The number of aromatic nitrogens is 2. The number of fused-ring (bicyclic) bond motifs is 1. The Morgan fingerprint density at radius 1 is 1.44 bits per heavy atom. The van der Waals surface area contributed by atoms with Crippen molar-refractivity contribution in [3.63, 3.8) is 0 Å². The number of anilines is 1. The van der Waals surface area contributed by atoms with Crippen LogP contribution in [0.2, 0.25) is 0 Å². The van der Waals surface area contributed by atoms with Gasteiger partial charge in [0.25, 0.3) is 0 Å².